The Hall–Kier alpha value is -0.930. The monoisotopic (exact) mass is 250 g/mol. The number of hydrogen-bond donors (Lipinski definition) is 2. The Labute approximate surface area is 108 Å². The maximum atomic E-state index is 12.1. The van der Waals surface area contributed by atoms with Gasteiger partial charge in [-0.05, 0) is 36.5 Å². The van der Waals surface area contributed by atoms with Gasteiger partial charge in [0, 0.05) is 18.6 Å². The minimum absolute atomic E-state index is 0.0634. The van der Waals surface area contributed by atoms with Crippen molar-refractivity contribution in [1.29, 1.82) is 0 Å². The minimum Gasteiger partial charge on any atom is -0.396 e. The van der Waals surface area contributed by atoms with Crippen LogP contribution >= 0.6 is 0 Å². The number of hydrogen-bond acceptors (Lipinski definition) is 3. The van der Waals surface area contributed by atoms with Crippen LogP contribution in [0.2, 0.25) is 0 Å². The van der Waals surface area contributed by atoms with E-state index in [1.807, 2.05) is 6.92 Å². The standard InChI is InChI=1S/C15H22O3/c1-9-4-5-13(17)10(2)14(18)6-12-11(9)7-15(12,3)8-16/h11-13,16-17H,1-2,4-8H2,3H3. The molecule has 0 aromatic carbocycles. The molecule has 2 fully saturated rings. The summed E-state index contributed by atoms with van der Waals surface area (Å²) in [4.78, 5) is 12.1. The van der Waals surface area contributed by atoms with Crippen LogP contribution < -0.4 is 0 Å². The van der Waals surface area contributed by atoms with Gasteiger partial charge in [0.05, 0.1) is 6.10 Å². The molecule has 4 atom stereocenters. The third kappa shape index (κ3) is 2.06. The number of ketones is 1. The van der Waals surface area contributed by atoms with Crippen molar-refractivity contribution in [2.24, 2.45) is 17.3 Å². The molecule has 2 aliphatic rings. The number of aliphatic hydroxyl groups excluding tert-OH is 2. The molecule has 0 aliphatic heterocycles. The van der Waals surface area contributed by atoms with Crippen molar-refractivity contribution >= 4 is 5.78 Å². The van der Waals surface area contributed by atoms with Crippen LogP contribution in [-0.2, 0) is 4.79 Å². The Morgan fingerprint density at radius 2 is 2.11 bits per heavy atom. The highest BCUT2D eigenvalue weighted by molar-refractivity contribution is 5.96. The van der Waals surface area contributed by atoms with Gasteiger partial charge in [-0.3, -0.25) is 4.79 Å². The van der Waals surface area contributed by atoms with E-state index in [9.17, 15) is 15.0 Å². The average Bonchev–Trinajstić information content (AvgIpc) is 2.38. The maximum Gasteiger partial charge on any atom is 0.161 e. The van der Waals surface area contributed by atoms with Crippen LogP contribution in [0.5, 0.6) is 0 Å². The minimum atomic E-state index is -0.743. The van der Waals surface area contributed by atoms with E-state index in [1.165, 1.54) is 0 Å². The highest BCUT2D eigenvalue weighted by Crippen LogP contribution is 2.56. The first kappa shape index (κ1) is 13.5. The fraction of sp³-hybridized carbons (Fsp3) is 0.667. The molecule has 0 saturated heterocycles. The van der Waals surface area contributed by atoms with Crippen molar-refractivity contribution in [2.45, 2.75) is 38.7 Å². The topological polar surface area (TPSA) is 57.5 Å². The molecule has 4 unspecified atom stereocenters. The van der Waals surface area contributed by atoms with Crippen LogP contribution in [0, 0.1) is 17.3 Å². The first-order chi connectivity index (χ1) is 8.39. The van der Waals surface area contributed by atoms with E-state index < -0.39 is 6.10 Å². The Balaban J connectivity index is 2.24. The third-order valence-electron chi connectivity index (χ3n) is 4.86. The molecule has 0 bridgehead atoms. The van der Waals surface area contributed by atoms with Gasteiger partial charge in [-0.25, -0.2) is 0 Å². The number of aliphatic hydroxyl groups is 2. The van der Waals surface area contributed by atoms with E-state index >= 15 is 0 Å². The van der Waals surface area contributed by atoms with Gasteiger partial charge in [0.1, 0.15) is 0 Å². The second-order valence-corrected chi connectivity index (χ2v) is 6.09. The normalized spacial score (nSPS) is 41.5. The third-order valence-corrected chi connectivity index (χ3v) is 4.86. The van der Waals surface area contributed by atoms with E-state index in [-0.39, 0.29) is 23.7 Å². The van der Waals surface area contributed by atoms with Crippen molar-refractivity contribution in [1.82, 2.24) is 0 Å². The Morgan fingerprint density at radius 3 is 2.72 bits per heavy atom. The van der Waals surface area contributed by atoms with Crippen LogP contribution in [0.25, 0.3) is 0 Å². The summed E-state index contributed by atoms with van der Waals surface area (Å²) in [5, 5.41) is 19.4. The zero-order chi connectivity index (χ0) is 13.5. The van der Waals surface area contributed by atoms with E-state index in [2.05, 4.69) is 13.2 Å². The molecule has 3 heteroatoms. The molecule has 0 aromatic heterocycles. The van der Waals surface area contributed by atoms with E-state index in [1.54, 1.807) is 0 Å². The fourth-order valence-electron chi connectivity index (χ4n) is 3.32. The van der Waals surface area contributed by atoms with Crippen molar-refractivity contribution < 1.29 is 15.0 Å². The largest absolute Gasteiger partial charge is 0.396 e. The number of carbonyl (C=O) groups excluding carboxylic acids is 1. The van der Waals surface area contributed by atoms with E-state index in [0.29, 0.717) is 24.3 Å². The molecule has 3 nitrogen and oxygen atoms in total. The van der Waals surface area contributed by atoms with Crippen LogP contribution in [-0.4, -0.2) is 28.7 Å². The van der Waals surface area contributed by atoms with Crippen molar-refractivity contribution in [3.8, 4) is 0 Å². The first-order valence-electron chi connectivity index (χ1n) is 6.57. The van der Waals surface area contributed by atoms with Crippen LogP contribution in [0.1, 0.15) is 32.6 Å². The Kier molecular flexibility index (Phi) is 3.47. The lowest BCUT2D eigenvalue weighted by atomic mass is 9.51. The molecule has 100 valence electrons. The van der Waals surface area contributed by atoms with E-state index in [4.69, 9.17) is 0 Å². The van der Waals surface area contributed by atoms with Crippen molar-refractivity contribution in [3.63, 3.8) is 0 Å². The molecule has 2 aliphatic carbocycles. The molecular weight excluding hydrogens is 228 g/mol. The van der Waals surface area contributed by atoms with Gasteiger partial charge in [0.2, 0.25) is 0 Å². The number of carbonyl (C=O) groups is 1. The smallest absolute Gasteiger partial charge is 0.161 e. The summed E-state index contributed by atoms with van der Waals surface area (Å²) in [5.41, 5.74) is 1.24. The lowest BCUT2D eigenvalue weighted by Gasteiger charge is -2.53. The molecule has 2 saturated carbocycles. The van der Waals surface area contributed by atoms with E-state index in [0.717, 1.165) is 18.4 Å². The number of fused-ring (bicyclic) bond motifs is 1. The summed E-state index contributed by atoms with van der Waals surface area (Å²) in [6.07, 6.45) is 1.78. The molecule has 0 heterocycles. The molecule has 0 aromatic rings. The van der Waals surface area contributed by atoms with Gasteiger partial charge >= 0.3 is 0 Å². The quantitative estimate of drug-likeness (QED) is 0.551. The SMILES string of the molecule is C=C1C(=O)CC2C(CC2(C)CO)C(=C)CCC1O. The summed E-state index contributed by atoms with van der Waals surface area (Å²) in [6.45, 7) is 9.92. The molecule has 2 N–H and O–H groups in total. The van der Waals surface area contributed by atoms with Crippen LogP contribution in [0.15, 0.2) is 24.3 Å². The fourth-order valence-corrected chi connectivity index (χ4v) is 3.32. The zero-order valence-electron chi connectivity index (χ0n) is 11.0. The van der Waals surface area contributed by atoms with Crippen molar-refractivity contribution in [3.05, 3.63) is 24.3 Å². The predicted molar refractivity (Wildman–Crippen MR) is 69.9 cm³/mol. The molecule has 2 rings (SSSR count). The summed E-state index contributed by atoms with van der Waals surface area (Å²) in [7, 11) is 0. The number of Topliss-reactive ketones (excluding diaryl/α,β-unsaturated/α-hetero) is 1. The second kappa shape index (κ2) is 4.63. The molecular formula is C15H22O3. The summed E-state index contributed by atoms with van der Waals surface area (Å²) in [5.74, 6) is 0.389. The van der Waals surface area contributed by atoms with Gasteiger partial charge in [0.15, 0.2) is 5.78 Å². The summed E-state index contributed by atoms with van der Waals surface area (Å²) >= 11 is 0. The number of rotatable bonds is 1. The van der Waals surface area contributed by atoms with Crippen molar-refractivity contribution in [2.75, 3.05) is 6.61 Å². The average molecular weight is 250 g/mol. The summed E-state index contributed by atoms with van der Waals surface area (Å²) in [6, 6.07) is 0. The first-order valence-corrected chi connectivity index (χ1v) is 6.57. The van der Waals surface area contributed by atoms with Gasteiger partial charge in [0.25, 0.3) is 0 Å². The van der Waals surface area contributed by atoms with Gasteiger partial charge in [-0.15, -0.1) is 0 Å². The highest BCUT2D eigenvalue weighted by Gasteiger charge is 2.51. The van der Waals surface area contributed by atoms with Gasteiger partial charge in [-0.2, -0.15) is 0 Å². The second-order valence-electron chi connectivity index (χ2n) is 6.09. The van der Waals surface area contributed by atoms with Gasteiger partial charge < -0.3 is 10.2 Å². The molecule has 0 radical (unpaired) electrons. The Bertz CT molecular complexity index is 399. The van der Waals surface area contributed by atoms with Gasteiger partial charge in [-0.1, -0.05) is 25.7 Å². The highest BCUT2D eigenvalue weighted by atomic mass is 16.3. The molecule has 0 spiro atoms. The van der Waals surface area contributed by atoms with Crippen LogP contribution in [0.4, 0.5) is 0 Å². The lowest BCUT2D eigenvalue weighted by Crippen LogP contribution is -2.49. The molecule has 0 amide bonds. The summed E-state index contributed by atoms with van der Waals surface area (Å²) < 4.78 is 0. The lowest BCUT2D eigenvalue weighted by molar-refractivity contribution is -0.123. The predicted octanol–water partition coefficient (Wildman–Crippen LogP) is 1.85. The Morgan fingerprint density at radius 1 is 1.44 bits per heavy atom. The van der Waals surface area contributed by atoms with Crippen LogP contribution in [0.3, 0.4) is 0 Å². The number of allylic oxidation sites excluding steroid dienone is 1. The maximum absolute atomic E-state index is 12.1. The zero-order valence-corrected chi connectivity index (χ0v) is 11.0. The molecule has 18 heavy (non-hydrogen) atoms.